The molecule has 0 bridgehead atoms. The Morgan fingerprint density at radius 1 is 1.25 bits per heavy atom. The predicted octanol–water partition coefficient (Wildman–Crippen LogP) is 1.06. The number of nitrogens with two attached hydrogens (primary N) is 2. The molecule has 0 rings (SSSR count). The molecule has 12 heavy (non-hydrogen) atoms. The van der Waals surface area contributed by atoms with E-state index in [1.165, 1.54) is 0 Å². The minimum absolute atomic E-state index is 0.109. The van der Waals surface area contributed by atoms with E-state index in [0.717, 1.165) is 25.8 Å². The van der Waals surface area contributed by atoms with Crippen LogP contribution in [0.25, 0.3) is 0 Å². The molecule has 3 atom stereocenters. The molecule has 0 heterocycles. The van der Waals surface area contributed by atoms with Crippen molar-refractivity contribution in [1.82, 2.24) is 0 Å². The molecule has 0 aliphatic heterocycles. The van der Waals surface area contributed by atoms with Crippen LogP contribution in [0.15, 0.2) is 0 Å². The van der Waals surface area contributed by atoms with Gasteiger partial charge in [0.2, 0.25) is 0 Å². The second-order valence-corrected chi connectivity index (χ2v) is 3.79. The van der Waals surface area contributed by atoms with Crippen molar-refractivity contribution < 1.29 is 0 Å². The molecule has 3 heteroatoms. The van der Waals surface area contributed by atoms with E-state index in [2.05, 4.69) is 6.92 Å². The van der Waals surface area contributed by atoms with Gasteiger partial charge in [0.05, 0.1) is 7.85 Å². The molecule has 70 valence electrons. The SMILES string of the molecule is [B]C(C)C(N)CCCC(C)CN. The van der Waals surface area contributed by atoms with Crippen molar-refractivity contribution in [3.05, 3.63) is 0 Å². The highest BCUT2D eigenvalue weighted by molar-refractivity contribution is 6.11. The Bertz CT molecular complexity index is 107. The number of hydrogen-bond acceptors (Lipinski definition) is 2. The number of hydrogen-bond donors (Lipinski definition) is 2. The number of rotatable bonds is 6. The van der Waals surface area contributed by atoms with E-state index in [1.54, 1.807) is 0 Å². The van der Waals surface area contributed by atoms with E-state index in [9.17, 15) is 0 Å². The molecule has 0 fully saturated rings. The Kier molecular flexibility index (Phi) is 6.49. The van der Waals surface area contributed by atoms with Gasteiger partial charge in [0.15, 0.2) is 0 Å². The van der Waals surface area contributed by atoms with Gasteiger partial charge in [-0.15, -0.1) is 0 Å². The summed E-state index contributed by atoms with van der Waals surface area (Å²) >= 11 is 0. The Labute approximate surface area is 77.5 Å². The van der Waals surface area contributed by atoms with E-state index in [-0.39, 0.29) is 11.9 Å². The lowest BCUT2D eigenvalue weighted by molar-refractivity contribution is 0.473. The van der Waals surface area contributed by atoms with Crippen LogP contribution in [-0.4, -0.2) is 20.4 Å². The molecule has 3 unspecified atom stereocenters. The zero-order valence-electron chi connectivity index (χ0n) is 8.29. The zero-order valence-corrected chi connectivity index (χ0v) is 8.29. The predicted molar refractivity (Wildman–Crippen MR) is 55.2 cm³/mol. The van der Waals surface area contributed by atoms with Crippen LogP contribution in [0.4, 0.5) is 0 Å². The summed E-state index contributed by atoms with van der Waals surface area (Å²) in [5.41, 5.74) is 11.3. The van der Waals surface area contributed by atoms with Gasteiger partial charge in [-0.05, 0) is 31.3 Å². The lowest BCUT2D eigenvalue weighted by Gasteiger charge is -2.16. The van der Waals surface area contributed by atoms with Gasteiger partial charge in [-0.1, -0.05) is 26.1 Å². The average Bonchev–Trinajstić information content (AvgIpc) is 2.03. The first-order valence-corrected chi connectivity index (χ1v) is 4.79. The fourth-order valence-electron chi connectivity index (χ4n) is 1.08. The van der Waals surface area contributed by atoms with Crippen molar-refractivity contribution in [3.8, 4) is 0 Å². The fraction of sp³-hybridized carbons (Fsp3) is 1.00. The Balaban J connectivity index is 3.30. The monoisotopic (exact) mass is 168 g/mol. The van der Waals surface area contributed by atoms with Gasteiger partial charge in [-0.3, -0.25) is 0 Å². The molecule has 0 aliphatic carbocycles. The summed E-state index contributed by atoms with van der Waals surface area (Å²) in [4.78, 5) is 0. The highest BCUT2D eigenvalue weighted by atomic mass is 14.6. The van der Waals surface area contributed by atoms with Crippen molar-refractivity contribution in [2.45, 2.75) is 45.0 Å². The summed E-state index contributed by atoms with van der Waals surface area (Å²) in [6, 6.07) is 0.148. The van der Waals surface area contributed by atoms with Gasteiger partial charge in [-0.2, -0.15) is 0 Å². The van der Waals surface area contributed by atoms with Crippen LogP contribution in [0.1, 0.15) is 33.1 Å². The normalized spacial score (nSPS) is 18.7. The third kappa shape index (κ3) is 5.61. The van der Waals surface area contributed by atoms with E-state index >= 15 is 0 Å². The van der Waals surface area contributed by atoms with Crippen molar-refractivity contribution in [1.29, 1.82) is 0 Å². The molecular weight excluding hydrogens is 147 g/mol. The first-order valence-electron chi connectivity index (χ1n) is 4.79. The third-order valence-corrected chi connectivity index (χ3v) is 2.31. The molecule has 0 aromatic heterocycles. The average molecular weight is 168 g/mol. The summed E-state index contributed by atoms with van der Waals surface area (Å²) in [7, 11) is 5.64. The first kappa shape index (κ1) is 12.0. The van der Waals surface area contributed by atoms with E-state index in [0.29, 0.717) is 5.92 Å². The summed E-state index contributed by atoms with van der Waals surface area (Å²) in [5, 5.41) is 0. The molecule has 0 aromatic carbocycles. The first-order chi connectivity index (χ1) is 5.57. The molecule has 0 aromatic rings. The van der Waals surface area contributed by atoms with E-state index < -0.39 is 0 Å². The Morgan fingerprint density at radius 3 is 2.25 bits per heavy atom. The molecule has 0 saturated carbocycles. The molecule has 2 nitrogen and oxygen atoms in total. The van der Waals surface area contributed by atoms with Gasteiger partial charge < -0.3 is 11.5 Å². The van der Waals surface area contributed by atoms with Crippen LogP contribution >= 0.6 is 0 Å². The summed E-state index contributed by atoms with van der Waals surface area (Å²) < 4.78 is 0. The summed E-state index contributed by atoms with van der Waals surface area (Å²) in [6.07, 6.45) is 3.32. The maximum absolute atomic E-state index is 5.79. The van der Waals surface area contributed by atoms with E-state index in [1.807, 2.05) is 6.92 Å². The Hall–Kier alpha value is -0.0151. The largest absolute Gasteiger partial charge is 0.330 e. The maximum atomic E-state index is 5.79. The molecule has 0 saturated heterocycles. The highest BCUT2D eigenvalue weighted by Gasteiger charge is 2.07. The van der Waals surface area contributed by atoms with Crippen LogP contribution in [0.5, 0.6) is 0 Å². The Morgan fingerprint density at radius 2 is 1.83 bits per heavy atom. The molecule has 0 amide bonds. The quantitative estimate of drug-likeness (QED) is 0.582. The smallest absolute Gasteiger partial charge is 0.0716 e. The van der Waals surface area contributed by atoms with Gasteiger partial charge in [0, 0.05) is 0 Å². The fourth-order valence-corrected chi connectivity index (χ4v) is 1.08. The second kappa shape index (κ2) is 6.50. The molecule has 0 spiro atoms. The lowest BCUT2D eigenvalue weighted by atomic mass is 9.81. The van der Waals surface area contributed by atoms with Crippen LogP contribution in [0.3, 0.4) is 0 Å². The molecule has 4 N–H and O–H groups in total. The third-order valence-electron chi connectivity index (χ3n) is 2.31. The standard InChI is InChI=1S/C9H21BN2/c1-7(6-11)4-3-5-9(12)8(2)10/h7-9H,3-6,11-12H2,1-2H3. The van der Waals surface area contributed by atoms with Gasteiger partial charge >= 0.3 is 0 Å². The zero-order chi connectivity index (χ0) is 9.56. The van der Waals surface area contributed by atoms with Crippen molar-refractivity contribution in [2.24, 2.45) is 17.4 Å². The molecular formula is C9H21BN2. The highest BCUT2D eigenvalue weighted by Crippen LogP contribution is 2.12. The summed E-state index contributed by atoms with van der Waals surface area (Å²) in [6.45, 7) is 4.89. The summed E-state index contributed by atoms with van der Waals surface area (Å²) in [5.74, 6) is 0.725. The van der Waals surface area contributed by atoms with Crippen LogP contribution in [0, 0.1) is 5.92 Å². The minimum Gasteiger partial charge on any atom is -0.330 e. The van der Waals surface area contributed by atoms with Crippen LogP contribution < -0.4 is 11.5 Å². The van der Waals surface area contributed by atoms with Gasteiger partial charge in [0.25, 0.3) is 0 Å². The van der Waals surface area contributed by atoms with Crippen molar-refractivity contribution >= 4 is 7.85 Å². The van der Waals surface area contributed by atoms with E-state index in [4.69, 9.17) is 19.3 Å². The lowest BCUT2D eigenvalue weighted by Crippen LogP contribution is -2.24. The topological polar surface area (TPSA) is 52.0 Å². The van der Waals surface area contributed by atoms with Gasteiger partial charge in [-0.25, -0.2) is 0 Å². The van der Waals surface area contributed by atoms with Crippen molar-refractivity contribution in [3.63, 3.8) is 0 Å². The van der Waals surface area contributed by atoms with Crippen molar-refractivity contribution in [2.75, 3.05) is 6.54 Å². The molecule has 0 aliphatic rings. The molecule has 2 radical (unpaired) electrons. The van der Waals surface area contributed by atoms with Crippen LogP contribution in [-0.2, 0) is 0 Å². The maximum Gasteiger partial charge on any atom is 0.0716 e. The second-order valence-electron chi connectivity index (χ2n) is 3.79. The van der Waals surface area contributed by atoms with Gasteiger partial charge in [0.1, 0.15) is 0 Å². The minimum atomic E-state index is 0.109. The van der Waals surface area contributed by atoms with Crippen LogP contribution in [0.2, 0.25) is 5.82 Å².